The molecule has 2 rings (SSSR count). The molecule has 0 radical (unpaired) electrons. The summed E-state index contributed by atoms with van der Waals surface area (Å²) >= 11 is 0. The number of aromatic nitrogens is 4. The van der Waals surface area contributed by atoms with Crippen molar-refractivity contribution in [3.05, 3.63) is 12.5 Å². The molecule has 0 saturated carbocycles. The summed E-state index contributed by atoms with van der Waals surface area (Å²) < 4.78 is 1.29. The molecule has 0 bridgehead atoms. The summed E-state index contributed by atoms with van der Waals surface area (Å²) in [5, 5.41) is 2.44. The number of anilines is 1. The molecule has 7 heteroatoms. The number of imidazole rings is 1. The first kappa shape index (κ1) is 10.2. The topological polar surface area (TPSA) is 89.8 Å². The Morgan fingerprint density at radius 1 is 1.31 bits per heavy atom. The van der Waals surface area contributed by atoms with Crippen molar-refractivity contribution in [1.82, 2.24) is 19.5 Å². The van der Waals surface area contributed by atoms with Gasteiger partial charge in [-0.05, 0) is 0 Å². The van der Waals surface area contributed by atoms with Gasteiger partial charge < -0.3 is 0 Å². The lowest BCUT2D eigenvalue weighted by molar-refractivity contribution is -0.114. The zero-order chi connectivity index (χ0) is 11.7. The normalized spacial score (nSPS) is 10.4. The van der Waals surface area contributed by atoms with Crippen molar-refractivity contribution < 1.29 is 9.59 Å². The maximum Gasteiger partial charge on any atom is 0.231 e. The zero-order valence-corrected chi connectivity index (χ0v) is 8.76. The highest BCUT2D eigenvalue weighted by molar-refractivity contribution is 5.89. The molecule has 0 aliphatic heterocycles. The number of fused-ring (bicyclic) bond motifs is 1. The molecule has 82 valence electrons. The highest BCUT2D eigenvalue weighted by Gasteiger charge is 2.09. The Bertz CT molecular complexity index is 574. The van der Waals surface area contributed by atoms with E-state index < -0.39 is 0 Å². The molecule has 1 N–H and O–H groups in total. The SMILES string of the molecule is CC(=O)Nc1ncc2ncn(C(C)=O)c2n1. The van der Waals surface area contributed by atoms with Crippen molar-refractivity contribution >= 4 is 28.9 Å². The molecule has 0 aliphatic rings. The van der Waals surface area contributed by atoms with Gasteiger partial charge in [-0.25, -0.2) is 9.97 Å². The van der Waals surface area contributed by atoms with Gasteiger partial charge in [0, 0.05) is 13.8 Å². The van der Waals surface area contributed by atoms with Gasteiger partial charge in [-0.15, -0.1) is 0 Å². The Morgan fingerprint density at radius 3 is 2.69 bits per heavy atom. The van der Waals surface area contributed by atoms with E-state index in [0.29, 0.717) is 11.2 Å². The quantitative estimate of drug-likeness (QED) is 0.751. The van der Waals surface area contributed by atoms with Crippen molar-refractivity contribution in [2.24, 2.45) is 0 Å². The predicted octanol–water partition coefficient (Wildman–Crippen LogP) is 0.445. The summed E-state index contributed by atoms with van der Waals surface area (Å²) in [5.74, 6) is -0.314. The lowest BCUT2D eigenvalue weighted by Gasteiger charge is -2.00. The fraction of sp³-hybridized carbons (Fsp3) is 0.222. The van der Waals surface area contributed by atoms with Crippen LogP contribution < -0.4 is 5.32 Å². The molecule has 1 amide bonds. The number of hydrogen-bond donors (Lipinski definition) is 1. The molecule has 16 heavy (non-hydrogen) atoms. The molecule has 7 nitrogen and oxygen atoms in total. The second-order valence-electron chi connectivity index (χ2n) is 3.22. The van der Waals surface area contributed by atoms with Crippen LogP contribution in [0.25, 0.3) is 11.2 Å². The van der Waals surface area contributed by atoms with E-state index in [2.05, 4.69) is 20.3 Å². The van der Waals surface area contributed by atoms with Crippen LogP contribution in [0.3, 0.4) is 0 Å². The van der Waals surface area contributed by atoms with E-state index in [0.717, 1.165) is 0 Å². The van der Waals surface area contributed by atoms with Crippen molar-refractivity contribution in [3.8, 4) is 0 Å². The molecule has 0 unspecified atom stereocenters. The summed E-state index contributed by atoms with van der Waals surface area (Å²) in [6.45, 7) is 2.76. The van der Waals surface area contributed by atoms with Gasteiger partial charge in [0.05, 0.1) is 6.20 Å². The van der Waals surface area contributed by atoms with Gasteiger partial charge in [0.2, 0.25) is 17.8 Å². The van der Waals surface area contributed by atoms with Crippen LogP contribution in [0.2, 0.25) is 0 Å². The summed E-state index contributed by atoms with van der Waals surface area (Å²) in [6, 6.07) is 0. The fourth-order valence-corrected chi connectivity index (χ4v) is 1.26. The van der Waals surface area contributed by atoms with Crippen molar-refractivity contribution in [2.45, 2.75) is 13.8 Å². The minimum absolute atomic E-state index is 0.156. The molecule has 0 atom stereocenters. The van der Waals surface area contributed by atoms with Crippen LogP contribution in [0.4, 0.5) is 5.95 Å². The van der Waals surface area contributed by atoms with E-state index in [9.17, 15) is 9.59 Å². The van der Waals surface area contributed by atoms with Crippen LogP contribution in [0.1, 0.15) is 18.6 Å². The number of nitrogens with zero attached hydrogens (tertiary/aromatic N) is 4. The van der Waals surface area contributed by atoms with Crippen molar-refractivity contribution in [3.63, 3.8) is 0 Å². The first-order valence-electron chi connectivity index (χ1n) is 4.56. The molecule has 0 spiro atoms. The van der Waals surface area contributed by atoms with Crippen LogP contribution in [0.15, 0.2) is 12.5 Å². The van der Waals surface area contributed by atoms with Gasteiger partial charge in [-0.1, -0.05) is 0 Å². The Morgan fingerprint density at radius 2 is 2.06 bits per heavy atom. The second kappa shape index (κ2) is 3.69. The first-order chi connectivity index (χ1) is 7.58. The number of hydrogen-bond acceptors (Lipinski definition) is 5. The Kier molecular flexibility index (Phi) is 2.35. The van der Waals surface area contributed by atoms with Crippen LogP contribution in [0.5, 0.6) is 0 Å². The zero-order valence-electron chi connectivity index (χ0n) is 8.76. The second-order valence-corrected chi connectivity index (χ2v) is 3.22. The fourth-order valence-electron chi connectivity index (χ4n) is 1.26. The molecule has 2 aromatic heterocycles. The van der Waals surface area contributed by atoms with Gasteiger partial charge in [0.1, 0.15) is 11.8 Å². The summed E-state index contributed by atoms with van der Waals surface area (Å²) in [6.07, 6.45) is 2.83. The van der Waals surface area contributed by atoms with E-state index in [1.54, 1.807) is 0 Å². The van der Waals surface area contributed by atoms with Gasteiger partial charge >= 0.3 is 0 Å². The van der Waals surface area contributed by atoms with Gasteiger partial charge in [0.15, 0.2) is 5.65 Å². The number of amides is 1. The van der Waals surface area contributed by atoms with Crippen LogP contribution >= 0.6 is 0 Å². The molecular formula is C9H9N5O2. The maximum atomic E-state index is 11.2. The molecule has 0 fully saturated rings. The molecule has 0 saturated heterocycles. The summed E-state index contributed by atoms with van der Waals surface area (Å²) in [4.78, 5) is 33.9. The summed E-state index contributed by atoms with van der Waals surface area (Å²) in [5.41, 5.74) is 0.885. The molecule has 0 aromatic carbocycles. The van der Waals surface area contributed by atoms with E-state index in [1.165, 1.54) is 30.9 Å². The predicted molar refractivity (Wildman–Crippen MR) is 55.9 cm³/mol. The third-order valence-electron chi connectivity index (χ3n) is 1.92. The van der Waals surface area contributed by atoms with Crippen molar-refractivity contribution in [2.75, 3.05) is 5.32 Å². The number of rotatable bonds is 1. The highest BCUT2D eigenvalue weighted by Crippen LogP contribution is 2.10. The number of nitrogens with one attached hydrogen (secondary N) is 1. The number of carbonyl (C=O) groups is 2. The minimum Gasteiger partial charge on any atom is -0.295 e. The highest BCUT2D eigenvalue weighted by atomic mass is 16.2. The average Bonchev–Trinajstić information content (AvgIpc) is 2.59. The van der Waals surface area contributed by atoms with Gasteiger partial charge in [-0.3, -0.25) is 19.5 Å². The maximum absolute atomic E-state index is 11.2. The third-order valence-corrected chi connectivity index (χ3v) is 1.92. The molecule has 2 heterocycles. The molecule has 0 aliphatic carbocycles. The molecular weight excluding hydrogens is 210 g/mol. The largest absolute Gasteiger partial charge is 0.295 e. The third kappa shape index (κ3) is 1.74. The van der Waals surface area contributed by atoms with Crippen LogP contribution in [-0.4, -0.2) is 31.3 Å². The monoisotopic (exact) mass is 219 g/mol. The summed E-state index contributed by atoms with van der Waals surface area (Å²) in [7, 11) is 0. The van der Waals surface area contributed by atoms with Crippen LogP contribution in [0, 0.1) is 0 Å². The Balaban J connectivity index is 2.54. The first-order valence-corrected chi connectivity index (χ1v) is 4.56. The standard InChI is InChI=1S/C9H9N5O2/c1-5(15)12-9-10-3-7-8(13-9)14(4-11-7)6(2)16/h3-4H,1-2H3,(H,10,12,13,15). The van der Waals surface area contributed by atoms with Gasteiger partial charge in [0.25, 0.3) is 0 Å². The van der Waals surface area contributed by atoms with E-state index in [-0.39, 0.29) is 17.8 Å². The lowest BCUT2D eigenvalue weighted by Crippen LogP contribution is -2.10. The Hall–Kier alpha value is -2.31. The Labute approximate surface area is 90.5 Å². The van der Waals surface area contributed by atoms with Crippen molar-refractivity contribution in [1.29, 1.82) is 0 Å². The van der Waals surface area contributed by atoms with E-state index in [4.69, 9.17) is 0 Å². The number of carbonyl (C=O) groups excluding carboxylic acids is 2. The van der Waals surface area contributed by atoms with Gasteiger partial charge in [-0.2, -0.15) is 4.98 Å². The van der Waals surface area contributed by atoms with Crippen LogP contribution in [-0.2, 0) is 4.79 Å². The molecule has 2 aromatic rings. The smallest absolute Gasteiger partial charge is 0.231 e. The van der Waals surface area contributed by atoms with E-state index >= 15 is 0 Å². The minimum atomic E-state index is -0.270. The lowest BCUT2D eigenvalue weighted by atomic mass is 10.5. The van der Waals surface area contributed by atoms with E-state index in [1.807, 2.05) is 0 Å². The average molecular weight is 219 g/mol.